The molecule has 19 heavy (non-hydrogen) atoms. The van der Waals surface area contributed by atoms with Gasteiger partial charge in [0.25, 0.3) is 0 Å². The van der Waals surface area contributed by atoms with Crippen LogP contribution in [0.5, 0.6) is 0 Å². The zero-order valence-electron chi connectivity index (χ0n) is 9.99. The average Bonchev–Trinajstić information content (AvgIpc) is 2.74. The first-order valence-electron chi connectivity index (χ1n) is 5.48. The lowest BCUT2D eigenvalue weighted by Gasteiger charge is -2.07. The Bertz CT molecular complexity index is 604. The van der Waals surface area contributed by atoms with E-state index in [2.05, 4.69) is 4.98 Å². The van der Waals surface area contributed by atoms with Crippen molar-refractivity contribution in [3.05, 3.63) is 51.5 Å². The van der Waals surface area contributed by atoms with Crippen molar-refractivity contribution in [3.63, 3.8) is 0 Å². The molecule has 0 fully saturated rings. The van der Waals surface area contributed by atoms with Crippen molar-refractivity contribution in [2.24, 2.45) is 0 Å². The molecule has 1 aromatic carbocycles. The first kappa shape index (κ1) is 13.7. The summed E-state index contributed by atoms with van der Waals surface area (Å²) in [5, 5.41) is 2.56. The first-order valence-corrected chi connectivity index (χ1v) is 6.35. The second kappa shape index (κ2) is 5.13. The largest absolute Gasteiger partial charge is 0.416 e. The topological polar surface area (TPSA) is 30.0 Å². The van der Waals surface area contributed by atoms with Crippen molar-refractivity contribution in [2.45, 2.75) is 19.5 Å². The number of rotatable bonds is 3. The number of hydrogen-bond donors (Lipinski definition) is 0. The van der Waals surface area contributed by atoms with Crippen molar-refractivity contribution >= 4 is 17.1 Å². The number of ketones is 1. The molecule has 0 N–H and O–H groups in total. The number of halogens is 3. The molecule has 0 saturated carbocycles. The fraction of sp³-hybridized carbons (Fsp3) is 0.231. The van der Waals surface area contributed by atoms with E-state index in [0.717, 1.165) is 17.1 Å². The number of carbonyl (C=O) groups is 1. The van der Waals surface area contributed by atoms with Crippen LogP contribution in [0.3, 0.4) is 0 Å². The molecule has 0 amide bonds. The average molecular weight is 285 g/mol. The van der Waals surface area contributed by atoms with Crippen molar-refractivity contribution in [2.75, 3.05) is 0 Å². The normalized spacial score (nSPS) is 11.6. The molecule has 1 heterocycles. The van der Waals surface area contributed by atoms with E-state index in [1.807, 2.05) is 6.92 Å². The molecule has 2 aromatic rings. The van der Waals surface area contributed by atoms with E-state index in [4.69, 9.17) is 0 Å². The zero-order chi connectivity index (χ0) is 14.0. The Morgan fingerprint density at radius 1 is 1.37 bits per heavy atom. The van der Waals surface area contributed by atoms with Gasteiger partial charge < -0.3 is 0 Å². The van der Waals surface area contributed by atoms with Gasteiger partial charge in [0, 0.05) is 10.9 Å². The minimum Gasteiger partial charge on any atom is -0.294 e. The highest BCUT2D eigenvalue weighted by Gasteiger charge is 2.30. The maximum atomic E-state index is 12.5. The highest BCUT2D eigenvalue weighted by Crippen LogP contribution is 2.29. The molecule has 0 spiro atoms. The summed E-state index contributed by atoms with van der Waals surface area (Å²) >= 11 is 1.41. The van der Waals surface area contributed by atoms with E-state index >= 15 is 0 Å². The Hall–Kier alpha value is -1.69. The molecule has 0 saturated heterocycles. The van der Waals surface area contributed by atoms with Gasteiger partial charge >= 0.3 is 6.18 Å². The van der Waals surface area contributed by atoms with Crippen molar-refractivity contribution in [3.8, 4) is 0 Å². The smallest absolute Gasteiger partial charge is 0.294 e. The molecule has 6 heteroatoms. The molecule has 1 aromatic heterocycles. The van der Waals surface area contributed by atoms with Crippen LogP contribution >= 0.6 is 11.3 Å². The molecule has 0 bridgehead atoms. The Morgan fingerprint density at radius 2 is 2.11 bits per heavy atom. The highest BCUT2D eigenvalue weighted by molar-refractivity contribution is 7.09. The van der Waals surface area contributed by atoms with Gasteiger partial charge in [-0.25, -0.2) is 4.98 Å². The molecule has 0 atom stereocenters. The van der Waals surface area contributed by atoms with E-state index in [1.54, 1.807) is 5.38 Å². The Balaban J connectivity index is 2.20. The maximum absolute atomic E-state index is 12.5. The summed E-state index contributed by atoms with van der Waals surface area (Å²) in [6.07, 6.45) is -4.42. The van der Waals surface area contributed by atoms with Crippen LogP contribution in [0.25, 0.3) is 0 Å². The van der Waals surface area contributed by atoms with Crippen LogP contribution in [0.2, 0.25) is 0 Å². The van der Waals surface area contributed by atoms with E-state index in [1.165, 1.54) is 23.5 Å². The van der Waals surface area contributed by atoms with Crippen LogP contribution < -0.4 is 0 Å². The predicted octanol–water partition coefficient (Wildman–Crippen LogP) is 3.90. The quantitative estimate of drug-likeness (QED) is 0.801. The summed E-state index contributed by atoms with van der Waals surface area (Å²) in [6, 6.07) is 4.45. The lowest BCUT2D eigenvalue weighted by molar-refractivity contribution is -0.137. The van der Waals surface area contributed by atoms with Gasteiger partial charge in [-0.2, -0.15) is 13.2 Å². The monoisotopic (exact) mass is 285 g/mol. The Kier molecular flexibility index (Phi) is 3.71. The van der Waals surface area contributed by atoms with Crippen LogP contribution in [-0.2, 0) is 12.6 Å². The number of hydrogen-bond acceptors (Lipinski definition) is 3. The molecule has 0 unspecified atom stereocenters. The molecule has 0 aliphatic rings. The minimum atomic E-state index is -4.44. The lowest BCUT2D eigenvalue weighted by atomic mass is 10.0. The Morgan fingerprint density at radius 3 is 2.68 bits per heavy atom. The standard InChI is InChI=1S/C13H10F3NOS/c1-8-17-11(7-19-8)6-12(18)9-3-2-4-10(5-9)13(14,15)16/h2-5,7H,6H2,1H3. The highest BCUT2D eigenvalue weighted by atomic mass is 32.1. The number of aromatic nitrogens is 1. The van der Waals surface area contributed by atoms with Gasteiger partial charge in [-0.3, -0.25) is 4.79 Å². The minimum absolute atomic E-state index is 0.0195. The summed E-state index contributed by atoms with van der Waals surface area (Å²) in [7, 11) is 0. The third-order valence-electron chi connectivity index (χ3n) is 2.52. The molecular weight excluding hydrogens is 275 g/mol. The second-order valence-electron chi connectivity index (χ2n) is 4.04. The first-order chi connectivity index (χ1) is 8.86. The molecular formula is C13H10F3NOS. The summed E-state index contributed by atoms with van der Waals surface area (Å²) in [4.78, 5) is 16.0. The predicted molar refractivity (Wildman–Crippen MR) is 66.3 cm³/mol. The number of Topliss-reactive ketones (excluding diaryl/α,β-unsaturated/α-hetero) is 1. The fourth-order valence-electron chi connectivity index (χ4n) is 1.62. The second-order valence-corrected chi connectivity index (χ2v) is 5.10. The molecule has 2 rings (SSSR count). The van der Waals surface area contributed by atoms with Crippen LogP contribution in [-0.4, -0.2) is 10.8 Å². The number of aryl methyl sites for hydroxylation is 1. The fourth-order valence-corrected chi connectivity index (χ4v) is 2.24. The van der Waals surface area contributed by atoms with E-state index in [-0.39, 0.29) is 17.8 Å². The SMILES string of the molecule is Cc1nc(CC(=O)c2cccc(C(F)(F)F)c2)cs1. The van der Waals surface area contributed by atoms with Gasteiger partial charge in [0.15, 0.2) is 5.78 Å². The van der Waals surface area contributed by atoms with E-state index in [9.17, 15) is 18.0 Å². The Labute approximate surface area is 111 Å². The summed E-state index contributed by atoms with van der Waals surface area (Å²) in [5.74, 6) is -0.364. The van der Waals surface area contributed by atoms with Gasteiger partial charge in [-0.15, -0.1) is 11.3 Å². The van der Waals surface area contributed by atoms with Crippen molar-refractivity contribution in [1.29, 1.82) is 0 Å². The number of thiazole rings is 1. The van der Waals surface area contributed by atoms with Crippen LogP contribution in [0.4, 0.5) is 13.2 Å². The van der Waals surface area contributed by atoms with E-state index in [0.29, 0.717) is 5.69 Å². The third kappa shape index (κ3) is 3.41. The van der Waals surface area contributed by atoms with E-state index < -0.39 is 11.7 Å². The summed E-state index contributed by atoms with van der Waals surface area (Å²) in [6.45, 7) is 1.81. The number of benzene rings is 1. The molecule has 0 aliphatic heterocycles. The van der Waals surface area contributed by atoms with Gasteiger partial charge in [0.1, 0.15) is 0 Å². The van der Waals surface area contributed by atoms with Crippen LogP contribution in [0.15, 0.2) is 29.6 Å². The summed E-state index contributed by atoms with van der Waals surface area (Å²) in [5.41, 5.74) is -0.168. The van der Waals surface area contributed by atoms with Gasteiger partial charge in [0.2, 0.25) is 0 Å². The number of nitrogens with zero attached hydrogens (tertiary/aromatic N) is 1. The molecule has 2 nitrogen and oxygen atoms in total. The third-order valence-corrected chi connectivity index (χ3v) is 3.34. The number of carbonyl (C=O) groups excluding carboxylic acids is 1. The molecule has 0 aliphatic carbocycles. The number of alkyl halides is 3. The maximum Gasteiger partial charge on any atom is 0.416 e. The lowest BCUT2D eigenvalue weighted by Crippen LogP contribution is -2.09. The zero-order valence-corrected chi connectivity index (χ0v) is 10.8. The molecule has 0 radical (unpaired) electrons. The van der Waals surface area contributed by atoms with Crippen LogP contribution in [0.1, 0.15) is 26.6 Å². The summed E-state index contributed by atoms with van der Waals surface area (Å²) < 4.78 is 37.6. The molecule has 100 valence electrons. The van der Waals surface area contributed by atoms with Gasteiger partial charge in [-0.1, -0.05) is 12.1 Å². The van der Waals surface area contributed by atoms with Gasteiger partial charge in [0.05, 0.1) is 22.7 Å². The van der Waals surface area contributed by atoms with Crippen molar-refractivity contribution < 1.29 is 18.0 Å². The van der Waals surface area contributed by atoms with Gasteiger partial charge in [-0.05, 0) is 19.1 Å². The van der Waals surface area contributed by atoms with Crippen molar-refractivity contribution in [1.82, 2.24) is 4.98 Å². The van der Waals surface area contributed by atoms with Crippen LogP contribution in [0, 0.1) is 6.92 Å².